The van der Waals surface area contributed by atoms with Gasteiger partial charge >= 0.3 is 0 Å². The van der Waals surface area contributed by atoms with Gasteiger partial charge in [-0.15, -0.1) is 0 Å². The van der Waals surface area contributed by atoms with Crippen molar-refractivity contribution in [1.29, 1.82) is 5.26 Å². The smallest absolute Gasteiger partial charge is 0.245 e. The summed E-state index contributed by atoms with van der Waals surface area (Å²) in [6, 6.07) is 7.60. The van der Waals surface area contributed by atoms with Crippen molar-refractivity contribution in [1.82, 2.24) is 14.9 Å². The Labute approximate surface area is 145 Å². The van der Waals surface area contributed by atoms with Gasteiger partial charge in [0, 0.05) is 12.1 Å². The van der Waals surface area contributed by atoms with Crippen LogP contribution in [0.3, 0.4) is 0 Å². The molecule has 128 valence electrons. The van der Waals surface area contributed by atoms with Crippen LogP contribution in [0.15, 0.2) is 36.7 Å². The van der Waals surface area contributed by atoms with Crippen LogP contribution in [0, 0.1) is 17.1 Å². The number of hydrogen-bond donors (Lipinski definition) is 1. The largest absolute Gasteiger partial charge is 0.357 e. The van der Waals surface area contributed by atoms with E-state index in [1.807, 2.05) is 13.0 Å². The van der Waals surface area contributed by atoms with Crippen molar-refractivity contribution in [2.75, 3.05) is 11.9 Å². The molecule has 0 unspecified atom stereocenters. The molecule has 2 atom stereocenters. The zero-order valence-electron chi connectivity index (χ0n) is 13.8. The van der Waals surface area contributed by atoms with Crippen LogP contribution in [0.25, 0.3) is 0 Å². The van der Waals surface area contributed by atoms with Gasteiger partial charge in [0.25, 0.3) is 0 Å². The standard InChI is InChI=1S/C18H18FN5O/c1-12(14-5-2-3-6-15(14)19)24-8-4-7-16(18(24)25)23-17-11-21-10-13(9-20)22-17/h2-3,5-6,10-12,16H,4,7-8H2,1H3,(H,22,23)/t12-,16+/m0/s1. The molecule has 0 spiro atoms. The van der Waals surface area contributed by atoms with Crippen molar-refractivity contribution in [2.45, 2.75) is 31.8 Å². The number of aromatic nitrogens is 2. The Morgan fingerprint density at radius 1 is 1.40 bits per heavy atom. The topological polar surface area (TPSA) is 81.9 Å². The number of carbonyl (C=O) groups is 1. The number of amides is 1. The summed E-state index contributed by atoms with van der Waals surface area (Å²) < 4.78 is 14.0. The van der Waals surface area contributed by atoms with Gasteiger partial charge in [-0.05, 0) is 25.8 Å². The van der Waals surface area contributed by atoms with Gasteiger partial charge in [-0.3, -0.25) is 9.78 Å². The number of rotatable bonds is 4. The molecule has 1 saturated heterocycles. The second-order valence-corrected chi connectivity index (χ2v) is 5.97. The number of nitrogens with one attached hydrogen (secondary N) is 1. The van der Waals surface area contributed by atoms with Crippen LogP contribution in [-0.4, -0.2) is 33.4 Å². The van der Waals surface area contributed by atoms with E-state index < -0.39 is 6.04 Å². The lowest BCUT2D eigenvalue weighted by Gasteiger charge is -2.37. The minimum absolute atomic E-state index is 0.105. The molecule has 1 aromatic carbocycles. The number of nitriles is 1. The molecule has 1 aromatic heterocycles. The highest BCUT2D eigenvalue weighted by Crippen LogP contribution is 2.27. The zero-order chi connectivity index (χ0) is 17.8. The number of halogens is 1. The predicted octanol–water partition coefficient (Wildman–Crippen LogP) is 2.65. The van der Waals surface area contributed by atoms with E-state index in [9.17, 15) is 9.18 Å². The summed E-state index contributed by atoms with van der Waals surface area (Å²) in [5.41, 5.74) is 0.688. The lowest BCUT2D eigenvalue weighted by Crippen LogP contribution is -2.48. The molecule has 1 aliphatic heterocycles. The predicted molar refractivity (Wildman–Crippen MR) is 89.9 cm³/mol. The molecular weight excluding hydrogens is 321 g/mol. The number of carbonyl (C=O) groups excluding carboxylic acids is 1. The number of anilines is 1. The van der Waals surface area contributed by atoms with Gasteiger partial charge in [-0.1, -0.05) is 18.2 Å². The van der Waals surface area contributed by atoms with Gasteiger partial charge in [0.05, 0.1) is 18.4 Å². The van der Waals surface area contributed by atoms with Crippen LogP contribution in [0.5, 0.6) is 0 Å². The van der Waals surface area contributed by atoms with Crippen LogP contribution in [0.4, 0.5) is 10.2 Å². The number of likely N-dealkylation sites (tertiary alicyclic amines) is 1. The normalized spacial score (nSPS) is 18.5. The maximum absolute atomic E-state index is 14.0. The van der Waals surface area contributed by atoms with E-state index in [1.54, 1.807) is 23.1 Å². The number of piperidine rings is 1. The number of benzene rings is 1. The quantitative estimate of drug-likeness (QED) is 0.926. The molecule has 25 heavy (non-hydrogen) atoms. The van der Waals surface area contributed by atoms with Crippen LogP contribution in [0.2, 0.25) is 0 Å². The average molecular weight is 339 g/mol. The van der Waals surface area contributed by atoms with Crippen molar-refractivity contribution >= 4 is 11.7 Å². The second-order valence-electron chi connectivity index (χ2n) is 5.97. The van der Waals surface area contributed by atoms with E-state index in [1.165, 1.54) is 18.5 Å². The molecule has 1 amide bonds. The number of nitrogens with zero attached hydrogens (tertiary/aromatic N) is 4. The first-order valence-corrected chi connectivity index (χ1v) is 8.13. The molecule has 7 heteroatoms. The Morgan fingerprint density at radius 2 is 2.20 bits per heavy atom. The van der Waals surface area contributed by atoms with Crippen molar-refractivity contribution in [3.8, 4) is 6.07 Å². The molecule has 2 aromatic rings. The molecule has 0 aliphatic carbocycles. The summed E-state index contributed by atoms with van der Waals surface area (Å²) in [6.45, 7) is 2.41. The average Bonchev–Trinajstić information content (AvgIpc) is 2.63. The summed E-state index contributed by atoms with van der Waals surface area (Å²) in [6.07, 6.45) is 4.29. The Kier molecular flexibility index (Phi) is 4.89. The van der Waals surface area contributed by atoms with Crippen molar-refractivity contribution in [2.24, 2.45) is 0 Å². The van der Waals surface area contributed by atoms with E-state index in [0.29, 0.717) is 24.3 Å². The second kappa shape index (κ2) is 7.26. The van der Waals surface area contributed by atoms with Crippen molar-refractivity contribution < 1.29 is 9.18 Å². The highest BCUT2D eigenvalue weighted by Gasteiger charge is 2.33. The van der Waals surface area contributed by atoms with E-state index in [-0.39, 0.29) is 23.5 Å². The Morgan fingerprint density at radius 3 is 2.96 bits per heavy atom. The van der Waals surface area contributed by atoms with Crippen LogP contribution >= 0.6 is 0 Å². The van der Waals surface area contributed by atoms with Crippen LogP contribution < -0.4 is 5.32 Å². The molecule has 0 bridgehead atoms. The molecule has 1 fully saturated rings. The first-order valence-electron chi connectivity index (χ1n) is 8.13. The minimum Gasteiger partial charge on any atom is -0.357 e. The van der Waals surface area contributed by atoms with E-state index >= 15 is 0 Å². The third kappa shape index (κ3) is 3.58. The molecule has 1 aliphatic rings. The third-order valence-corrected chi connectivity index (χ3v) is 4.37. The van der Waals surface area contributed by atoms with Crippen LogP contribution in [-0.2, 0) is 4.79 Å². The Hall–Kier alpha value is -3.01. The highest BCUT2D eigenvalue weighted by atomic mass is 19.1. The first kappa shape index (κ1) is 16.8. The van der Waals surface area contributed by atoms with E-state index in [4.69, 9.17) is 5.26 Å². The SMILES string of the molecule is C[C@@H](c1ccccc1F)N1CCC[C@@H](Nc2cncc(C#N)n2)C1=O. The molecular formula is C18H18FN5O. The zero-order valence-corrected chi connectivity index (χ0v) is 13.8. The molecule has 6 nitrogen and oxygen atoms in total. The third-order valence-electron chi connectivity index (χ3n) is 4.37. The van der Waals surface area contributed by atoms with Gasteiger partial charge < -0.3 is 10.2 Å². The lowest BCUT2D eigenvalue weighted by atomic mass is 9.99. The van der Waals surface area contributed by atoms with Crippen LogP contribution in [0.1, 0.15) is 37.1 Å². The van der Waals surface area contributed by atoms with Gasteiger partial charge in [0.1, 0.15) is 23.7 Å². The molecule has 0 radical (unpaired) electrons. The molecule has 1 N–H and O–H groups in total. The van der Waals surface area contributed by atoms with Gasteiger partial charge in [0.2, 0.25) is 5.91 Å². The first-order chi connectivity index (χ1) is 12.1. The lowest BCUT2D eigenvalue weighted by molar-refractivity contribution is -0.136. The maximum Gasteiger partial charge on any atom is 0.245 e. The monoisotopic (exact) mass is 339 g/mol. The summed E-state index contributed by atoms with van der Waals surface area (Å²) >= 11 is 0. The minimum atomic E-state index is -0.466. The van der Waals surface area contributed by atoms with E-state index in [0.717, 1.165) is 6.42 Å². The fourth-order valence-electron chi connectivity index (χ4n) is 3.07. The fraction of sp³-hybridized carbons (Fsp3) is 0.333. The molecule has 3 rings (SSSR count). The highest BCUT2D eigenvalue weighted by molar-refractivity contribution is 5.85. The summed E-state index contributed by atoms with van der Waals surface area (Å²) in [7, 11) is 0. The summed E-state index contributed by atoms with van der Waals surface area (Å²) in [5.74, 6) is -0.0329. The summed E-state index contributed by atoms with van der Waals surface area (Å²) in [4.78, 5) is 22.6. The Bertz CT molecular complexity index is 819. The van der Waals surface area contributed by atoms with Gasteiger partial charge in [0.15, 0.2) is 5.69 Å². The fourth-order valence-corrected chi connectivity index (χ4v) is 3.07. The van der Waals surface area contributed by atoms with Gasteiger partial charge in [-0.2, -0.15) is 5.26 Å². The van der Waals surface area contributed by atoms with Crippen molar-refractivity contribution in [3.63, 3.8) is 0 Å². The number of hydrogen-bond acceptors (Lipinski definition) is 5. The summed E-state index contributed by atoms with van der Waals surface area (Å²) in [5, 5.41) is 11.9. The maximum atomic E-state index is 14.0. The van der Waals surface area contributed by atoms with Gasteiger partial charge in [-0.25, -0.2) is 9.37 Å². The Balaban J connectivity index is 1.77. The van der Waals surface area contributed by atoms with E-state index in [2.05, 4.69) is 15.3 Å². The molecule has 0 saturated carbocycles. The molecule has 2 heterocycles. The van der Waals surface area contributed by atoms with Crippen molar-refractivity contribution in [3.05, 3.63) is 53.7 Å².